The van der Waals surface area contributed by atoms with Crippen LogP contribution in [0, 0.1) is 0 Å². The Morgan fingerprint density at radius 2 is 1.78 bits per heavy atom. The van der Waals surface area contributed by atoms with Gasteiger partial charge in [0.05, 0.1) is 17.6 Å². The summed E-state index contributed by atoms with van der Waals surface area (Å²) in [5.74, 6) is 0.763. The summed E-state index contributed by atoms with van der Waals surface area (Å²) in [6.45, 7) is 0. The minimum absolute atomic E-state index is 0.763. The van der Waals surface area contributed by atoms with Gasteiger partial charge in [-0.05, 0) is 36.4 Å². The summed E-state index contributed by atoms with van der Waals surface area (Å²) in [4.78, 5) is 4.53. The van der Waals surface area contributed by atoms with Gasteiger partial charge in [-0.15, -0.1) is 0 Å². The molecule has 4 rings (SSSR count). The summed E-state index contributed by atoms with van der Waals surface area (Å²) in [7, 11) is 0. The van der Waals surface area contributed by atoms with E-state index in [0.717, 1.165) is 33.7 Å². The Kier molecular flexibility index (Phi) is 1.83. The molecular formula is C15H9N2O. The Balaban J connectivity index is 1.81. The molecule has 85 valence electrons. The number of furan rings is 1. The molecule has 0 fully saturated rings. The molecule has 3 nitrogen and oxygen atoms in total. The predicted octanol–water partition coefficient (Wildman–Crippen LogP) is 3.76. The van der Waals surface area contributed by atoms with Crippen molar-refractivity contribution in [2.45, 2.75) is 0 Å². The van der Waals surface area contributed by atoms with Crippen LogP contribution in [0.25, 0.3) is 11.0 Å². The van der Waals surface area contributed by atoms with E-state index in [2.05, 4.69) is 10.3 Å². The van der Waals surface area contributed by atoms with Crippen LogP contribution in [0.15, 0.2) is 64.2 Å². The average Bonchev–Trinajstić information content (AvgIpc) is 3.04. The molecule has 0 unspecified atom stereocenters. The van der Waals surface area contributed by atoms with Crippen LogP contribution in [-0.4, -0.2) is 5.84 Å². The molecule has 0 amide bonds. The minimum Gasteiger partial charge on any atom is -0.464 e. The summed E-state index contributed by atoms with van der Waals surface area (Å²) in [6.07, 6.45) is 1.69. The number of hydrogen-bond donors (Lipinski definition) is 0. The SMILES string of the molecule is c1ccc2c(c1)[N]C(c1ccc3occc3c1)=N2. The van der Waals surface area contributed by atoms with Crippen LogP contribution in [0.3, 0.4) is 0 Å². The van der Waals surface area contributed by atoms with E-state index in [9.17, 15) is 0 Å². The van der Waals surface area contributed by atoms with Crippen molar-refractivity contribution in [3.8, 4) is 0 Å². The smallest absolute Gasteiger partial charge is 0.160 e. The van der Waals surface area contributed by atoms with Gasteiger partial charge in [0.15, 0.2) is 5.84 Å². The molecule has 1 aromatic heterocycles. The first-order chi connectivity index (χ1) is 8.90. The number of hydrogen-bond acceptors (Lipinski definition) is 2. The standard InChI is InChI=1S/C15H9N2O/c1-2-4-13-12(3-1)16-15(17-13)11-5-6-14-10(9-11)7-8-18-14/h1-9H. The van der Waals surface area contributed by atoms with Crippen LogP contribution < -0.4 is 5.32 Å². The van der Waals surface area contributed by atoms with E-state index in [1.54, 1.807) is 6.26 Å². The van der Waals surface area contributed by atoms with Gasteiger partial charge in [-0.1, -0.05) is 12.1 Å². The van der Waals surface area contributed by atoms with Gasteiger partial charge in [-0.2, -0.15) is 0 Å². The van der Waals surface area contributed by atoms with Gasteiger partial charge in [-0.25, -0.2) is 10.3 Å². The highest BCUT2D eigenvalue weighted by molar-refractivity contribution is 6.08. The largest absolute Gasteiger partial charge is 0.464 e. The van der Waals surface area contributed by atoms with E-state index in [-0.39, 0.29) is 0 Å². The van der Waals surface area contributed by atoms with Crippen molar-refractivity contribution in [2.75, 3.05) is 0 Å². The number of fused-ring (bicyclic) bond motifs is 2. The second-order valence-electron chi connectivity index (χ2n) is 4.21. The fourth-order valence-electron chi connectivity index (χ4n) is 2.14. The van der Waals surface area contributed by atoms with Crippen molar-refractivity contribution < 1.29 is 4.42 Å². The Bertz CT molecular complexity index is 771. The van der Waals surface area contributed by atoms with Gasteiger partial charge in [0.1, 0.15) is 5.58 Å². The van der Waals surface area contributed by atoms with Crippen LogP contribution in [0.2, 0.25) is 0 Å². The van der Waals surface area contributed by atoms with E-state index in [1.165, 1.54) is 0 Å². The monoisotopic (exact) mass is 233 g/mol. The third-order valence-corrected chi connectivity index (χ3v) is 3.05. The van der Waals surface area contributed by atoms with Gasteiger partial charge < -0.3 is 4.42 Å². The van der Waals surface area contributed by atoms with Crippen LogP contribution in [-0.2, 0) is 0 Å². The average molecular weight is 233 g/mol. The third kappa shape index (κ3) is 1.34. The molecule has 3 aromatic rings. The quantitative estimate of drug-likeness (QED) is 0.630. The fraction of sp³-hybridized carbons (Fsp3) is 0. The highest BCUT2D eigenvalue weighted by atomic mass is 16.3. The molecule has 18 heavy (non-hydrogen) atoms. The molecule has 1 aliphatic rings. The van der Waals surface area contributed by atoms with Gasteiger partial charge >= 0.3 is 0 Å². The zero-order valence-corrected chi connectivity index (χ0v) is 9.50. The maximum atomic E-state index is 5.33. The molecule has 0 saturated heterocycles. The highest BCUT2D eigenvalue weighted by Gasteiger charge is 2.16. The topological polar surface area (TPSA) is 39.6 Å². The molecule has 0 saturated carbocycles. The molecule has 0 aliphatic carbocycles. The molecular weight excluding hydrogens is 224 g/mol. The van der Waals surface area contributed by atoms with Crippen LogP contribution in [0.4, 0.5) is 11.4 Å². The van der Waals surface area contributed by atoms with Crippen LogP contribution >= 0.6 is 0 Å². The van der Waals surface area contributed by atoms with E-state index in [4.69, 9.17) is 4.42 Å². The van der Waals surface area contributed by atoms with Crippen LogP contribution in [0.5, 0.6) is 0 Å². The molecule has 0 bridgehead atoms. The van der Waals surface area contributed by atoms with E-state index >= 15 is 0 Å². The zero-order valence-electron chi connectivity index (χ0n) is 9.50. The third-order valence-electron chi connectivity index (χ3n) is 3.05. The first-order valence-electron chi connectivity index (χ1n) is 5.77. The second-order valence-corrected chi connectivity index (χ2v) is 4.21. The lowest BCUT2D eigenvalue weighted by molar-refractivity contribution is 0.616. The maximum absolute atomic E-state index is 5.33. The first-order valence-corrected chi connectivity index (χ1v) is 5.77. The van der Waals surface area contributed by atoms with E-state index < -0.39 is 0 Å². The predicted molar refractivity (Wildman–Crippen MR) is 70.6 cm³/mol. The second kappa shape index (κ2) is 3.47. The number of nitrogens with zero attached hydrogens (tertiary/aromatic N) is 2. The van der Waals surface area contributed by atoms with Gasteiger partial charge in [0.25, 0.3) is 0 Å². The van der Waals surface area contributed by atoms with Gasteiger partial charge in [-0.3, -0.25) is 0 Å². The Hall–Kier alpha value is -2.55. The van der Waals surface area contributed by atoms with Crippen molar-refractivity contribution in [3.63, 3.8) is 0 Å². The number of para-hydroxylation sites is 2. The summed E-state index contributed by atoms with van der Waals surface area (Å²) < 4.78 is 5.33. The van der Waals surface area contributed by atoms with E-state index in [0.29, 0.717) is 0 Å². The molecule has 1 radical (unpaired) electrons. The van der Waals surface area contributed by atoms with Crippen molar-refractivity contribution in [2.24, 2.45) is 4.99 Å². The van der Waals surface area contributed by atoms with Gasteiger partial charge in [0, 0.05) is 10.9 Å². The van der Waals surface area contributed by atoms with E-state index in [1.807, 2.05) is 48.5 Å². The molecule has 3 heteroatoms. The number of rotatable bonds is 1. The number of benzene rings is 2. The maximum Gasteiger partial charge on any atom is 0.160 e. The van der Waals surface area contributed by atoms with Crippen LogP contribution in [0.1, 0.15) is 5.56 Å². The molecule has 0 atom stereocenters. The van der Waals surface area contributed by atoms with Crippen molar-refractivity contribution in [3.05, 3.63) is 60.4 Å². The highest BCUT2D eigenvalue weighted by Crippen LogP contribution is 2.31. The lowest BCUT2D eigenvalue weighted by Gasteiger charge is -1.99. The Labute approximate surface area is 104 Å². The summed E-state index contributed by atoms with van der Waals surface area (Å²) in [6, 6.07) is 15.8. The van der Waals surface area contributed by atoms with Crippen molar-refractivity contribution in [1.82, 2.24) is 5.32 Å². The first kappa shape index (κ1) is 9.48. The number of amidine groups is 1. The number of aliphatic imine (C=N–C) groups is 1. The van der Waals surface area contributed by atoms with Crippen molar-refractivity contribution >= 4 is 28.2 Å². The lowest BCUT2D eigenvalue weighted by Crippen LogP contribution is -2.07. The van der Waals surface area contributed by atoms with Crippen molar-refractivity contribution in [1.29, 1.82) is 0 Å². The molecule has 0 N–H and O–H groups in total. The molecule has 0 spiro atoms. The Morgan fingerprint density at radius 3 is 2.67 bits per heavy atom. The summed E-state index contributed by atoms with van der Waals surface area (Å²) in [5, 5.41) is 5.60. The normalized spacial score (nSPS) is 13.2. The zero-order chi connectivity index (χ0) is 11.9. The summed E-state index contributed by atoms with van der Waals surface area (Å²) in [5.41, 5.74) is 3.76. The van der Waals surface area contributed by atoms with Gasteiger partial charge in [0.2, 0.25) is 0 Å². The minimum atomic E-state index is 0.763. The molecule has 2 aromatic carbocycles. The molecule has 2 heterocycles. The lowest BCUT2D eigenvalue weighted by atomic mass is 10.1. The molecule has 1 aliphatic heterocycles. The Morgan fingerprint density at radius 1 is 0.889 bits per heavy atom. The fourth-order valence-corrected chi connectivity index (χ4v) is 2.14. The summed E-state index contributed by atoms with van der Waals surface area (Å²) >= 11 is 0.